The topological polar surface area (TPSA) is 107 Å². The molecule has 0 fully saturated rings. The summed E-state index contributed by atoms with van der Waals surface area (Å²) >= 11 is 0. The molecule has 0 unspecified atom stereocenters. The number of hydrogen-bond donors (Lipinski definition) is 3. The molecule has 1 rings (SSSR count). The van der Waals surface area contributed by atoms with E-state index in [1.54, 1.807) is 24.3 Å². The highest BCUT2D eigenvalue weighted by Gasteiger charge is 2.11. The van der Waals surface area contributed by atoms with Gasteiger partial charge in [-0.2, -0.15) is 0 Å². The van der Waals surface area contributed by atoms with Crippen LogP contribution in [0.4, 0.5) is 5.69 Å². The van der Waals surface area contributed by atoms with Crippen LogP contribution >= 0.6 is 0 Å². The number of carbonyl (C=O) groups is 2. The molecule has 0 heterocycles. The number of benzene rings is 1. The molecule has 0 spiro atoms. The maximum atomic E-state index is 11.6. The Morgan fingerprint density at radius 3 is 2.78 bits per heavy atom. The van der Waals surface area contributed by atoms with Gasteiger partial charge in [0.05, 0.1) is 6.04 Å². The average molecular weight is 251 g/mol. The maximum Gasteiger partial charge on any atom is 0.255 e. The molecular weight excluding hydrogens is 234 g/mol. The summed E-state index contributed by atoms with van der Waals surface area (Å²) in [5.74, 6) is -0.362. The second-order valence-corrected chi connectivity index (χ2v) is 3.79. The van der Waals surface area contributed by atoms with Crippen molar-refractivity contribution in [2.75, 3.05) is 11.9 Å². The van der Waals surface area contributed by atoms with Gasteiger partial charge >= 0.3 is 0 Å². The highest BCUT2D eigenvalue weighted by Crippen LogP contribution is 2.17. The Kier molecular flexibility index (Phi) is 5.13. The predicted octanol–water partition coefficient (Wildman–Crippen LogP) is 0.226. The first-order valence-electron chi connectivity index (χ1n) is 5.60. The van der Waals surface area contributed by atoms with E-state index in [1.165, 1.54) is 0 Å². The van der Waals surface area contributed by atoms with Crippen molar-refractivity contribution in [1.82, 2.24) is 0 Å². The lowest BCUT2D eigenvalue weighted by molar-refractivity contribution is -0.120. The van der Waals surface area contributed by atoms with Gasteiger partial charge in [-0.3, -0.25) is 9.59 Å². The number of anilines is 1. The number of nitrogens with two attached hydrogens (primary N) is 2. The molecule has 0 aliphatic rings. The third kappa shape index (κ3) is 4.42. The van der Waals surface area contributed by atoms with Gasteiger partial charge < -0.3 is 21.5 Å². The van der Waals surface area contributed by atoms with Crippen LogP contribution in [0.2, 0.25) is 0 Å². The van der Waals surface area contributed by atoms with Gasteiger partial charge in [0.15, 0.2) is 6.61 Å². The van der Waals surface area contributed by atoms with Gasteiger partial charge in [-0.15, -0.1) is 0 Å². The van der Waals surface area contributed by atoms with Gasteiger partial charge in [0, 0.05) is 11.8 Å². The zero-order chi connectivity index (χ0) is 13.5. The molecular formula is C12H17N3O3. The lowest BCUT2D eigenvalue weighted by Crippen LogP contribution is -2.34. The molecule has 6 heteroatoms. The summed E-state index contributed by atoms with van der Waals surface area (Å²) in [5, 5.41) is 2.66. The second kappa shape index (κ2) is 6.61. The van der Waals surface area contributed by atoms with Crippen LogP contribution in [0.5, 0.6) is 5.75 Å². The minimum Gasteiger partial charge on any atom is -0.484 e. The molecule has 2 amide bonds. The standard InChI is InChI=1S/C12H17N3O3/c1-2-10(13)12(17)15-8-4-3-5-9(6-8)18-7-11(14)16/h3-6,10H,2,7,13H2,1H3,(H2,14,16)(H,15,17)/t10-/m1/s1. The van der Waals surface area contributed by atoms with Gasteiger partial charge in [0.25, 0.3) is 5.91 Å². The first kappa shape index (κ1) is 14.0. The summed E-state index contributed by atoms with van der Waals surface area (Å²) in [6.07, 6.45) is 0.559. The molecule has 1 aromatic carbocycles. The highest BCUT2D eigenvalue weighted by molar-refractivity contribution is 5.94. The fourth-order valence-electron chi connectivity index (χ4n) is 1.24. The molecule has 0 bridgehead atoms. The molecule has 5 N–H and O–H groups in total. The van der Waals surface area contributed by atoms with Crippen molar-refractivity contribution in [3.63, 3.8) is 0 Å². The molecule has 1 atom stereocenters. The van der Waals surface area contributed by atoms with Crippen molar-refractivity contribution in [1.29, 1.82) is 0 Å². The smallest absolute Gasteiger partial charge is 0.255 e. The van der Waals surface area contributed by atoms with E-state index >= 15 is 0 Å². The van der Waals surface area contributed by atoms with Crippen LogP contribution in [0.15, 0.2) is 24.3 Å². The molecule has 98 valence electrons. The van der Waals surface area contributed by atoms with Crippen molar-refractivity contribution in [3.05, 3.63) is 24.3 Å². The molecule has 18 heavy (non-hydrogen) atoms. The van der Waals surface area contributed by atoms with Crippen LogP contribution in [0.3, 0.4) is 0 Å². The zero-order valence-electron chi connectivity index (χ0n) is 10.2. The van der Waals surface area contributed by atoms with Gasteiger partial charge in [-0.05, 0) is 18.6 Å². The van der Waals surface area contributed by atoms with Gasteiger partial charge in [-0.1, -0.05) is 13.0 Å². The average Bonchev–Trinajstić information content (AvgIpc) is 2.35. The maximum absolute atomic E-state index is 11.6. The Bertz CT molecular complexity index is 434. The van der Waals surface area contributed by atoms with E-state index in [-0.39, 0.29) is 12.5 Å². The Hall–Kier alpha value is -2.08. The summed E-state index contributed by atoms with van der Waals surface area (Å²) in [7, 11) is 0. The number of nitrogens with one attached hydrogen (secondary N) is 1. The minimum absolute atomic E-state index is 0.203. The van der Waals surface area contributed by atoms with Crippen molar-refractivity contribution < 1.29 is 14.3 Å². The van der Waals surface area contributed by atoms with Crippen LogP contribution in [-0.4, -0.2) is 24.5 Å². The van der Waals surface area contributed by atoms with Crippen molar-refractivity contribution in [2.45, 2.75) is 19.4 Å². The summed E-state index contributed by atoms with van der Waals surface area (Å²) in [6.45, 7) is 1.63. The van der Waals surface area contributed by atoms with Gasteiger partial charge in [0.1, 0.15) is 5.75 Å². The SMILES string of the molecule is CC[C@@H](N)C(=O)Nc1cccc(OCC(N)=O)c1. The Labute approximate surface area is 105 Å². The molecule has 0 saturated carbocycles. The zero-order valence-corrected chi connectivity index (χ0v) is 10.2. The van der Waals surface area contributed by atoms with Gasteiger partial charge in [0.2, 0.25) is 5.91 Å². The van der Waals surface area contributed by atoms with E-state index in [9.17, 15) is 9.59 Å². The summed E-state index contributed by atoms with van der Waals surface area (Å²) in [4.78, 5) is 22.1. The lowest BCUT2D eigenvalue weighted by atomic mass is 10.2. The quantitative estimate of drug-likeness (QED) is 0.672. The second-order valence-electron chi connectivity index (χ2n) is 3.79. The number of amides is 2. The van der Waals surface area contributed by atoms with Crippen LogP contribution < -0.4 is 21.5 Å². The Morgan fingerprint density at radius 2 is 2.17 bits per heavy atom. The van der Waals surface area contributed by atoms with E-state index in [0.717, 1.165) is 0 Å². The summed E-state index contributed by atoms with van der Waals surface area (Å²) in [6, 6.07) is 6.13. The van der Waals surface area contributed by atoms with E-state index < -0.39 is 11.9 Å². The van der Waals surface area contributed by atoms with E-state index in [2.05, 4.69) is 5.32 Å². The molecule has 0 aliphatic heterocycles. The molecule has 1 aromatic rings. The third-order valence-electron chi connectivity index (χ3n) is 2.26. The number of rotatable bonds is 6. The van der Waals surface area contributed by atoms with Crippen LogP contribution in [0.1, 0.15) is 13.3 Å². The number of ether oxygens (including phenoxy) is 1. The Balaban J connectivity index is 2.64. The fraction of sp³-hybridized carbons (Fsp3) is 0.333. The molecule has 0 saturated heterocycles. The fourth-order valence-corrected chi connectivity index (χ4v) is 1.24. The molecule has 0 radical (unpaired) electrons. The van der Waals surface area contributed by atoms with Crippen molar-refractivity contribution in [2.24, 2.45) is 11.5 Å². The first-order valence-corrected chi connectivity index (χ1v) is 5.60. The van der Waals surface area contributed by atoms with Crippen LogP contribution in [0.25, 0.3) is 0 Å². The minimum atomic E-state index is -0.558. The van der Waals surface area contributed by atoms with Crippen LogP contribution in [-0.2, 0) is 9.59 Å². The molecule has 6 nitrogen and oxygen atoms in total. The predicted molar refractivity (Wildman–Crippen MR) is 68.0 cm³/mol. The molecule has 0 aromatic heterocycles. The first-order chi connectivity index (χ1) is 8.52. The van der Waals surface area contributed by atoms with E-state index in [1.807, 2.05) is 6.92 Å². The van der Waals surface area contributed by atoms with Crippen LogP contribution in [0, 0.1) is 0 Å². The largest absolute Gasteiger partial charge is 0.484 e. The number of primary amides is 1. The molecule has 0 aliphatic carbocycles. The summed E-state index contributed by atoms with van der Waals surface area (Å²) in [5.41, 5.74) is 11.1. The normalized spacial score (nSPS) is 11.7. The van der Waals surface area contributed by atoms with E-state index in [0.29, 0.717) is 17.9 Å². The monoisotopic (exact) mass is 251 g/mol. The van der Waals surface area contributed by atoms with E-state index in [4.69, 9.17) is 16.2 Å². The Morgan fingerprint density at radius 1 is 1.44 bits per heavy atom. The van der Waals surface area contributed by atoms with Crippen molar-refractivity contribution in [3.8, 4) is 5.75 Å². The van der Waals surface area contributed by atoms with Gasteiger partial charge in [-0.25, -0.2) is 0 Å². The third-order valence-corrected chi connectivity index (χ3v) is 2.26. The van der Waals surface area contributed by atoms with Crippen molar-refractivity contribution >= 4 is 17.5 Å². The number of hydrogen-bond acceptors (Lipinski definition) is 4. The number of carbonyl (C=O) groups excluding carboxylic acids is 2. The summed E-state index contributed by atoms with van der Waals surface area (Å²) < 4.78 is 5.12. The highest BCUT2D eigenvalue weighted by atomic mass is 16.5. The lowest BCUT2D eigenvalue weighted by Gasteiger charge is -2.11.